The van der Waals surface area contributed by atoms with Crippen LogP contribution in [0.25, 0.3) is 11.4 Å². The number of aliphatic hydroxyl groups is 1. The van der Waals surface area contributed by atoms with Gasteiger partial charge in [-0.1, -0.05) is 12.1 Å². The number of nitrogens with two attached hydrogens (primary N) is 1. The molecule has 14 heavy (non-hydrogen) atoms. The van der Waals surface area contributed by atoms with Crippen molar-refractivity contribution in [2.75, 3.05) is 5.73 Å². The molecule has 2 aromatic rings. The van der Waals surface area contributed by atoms with Crippen molar-refractivity contribution in [2.24, 2.45) is 0 Å². The number of anilines is 1. The van der Waals surface area contributed by atoms with Gasteiger partial charge in [0.25, 0.3) is 0 Å². The summed E-state index contributed by atoms with van der Waals surface area (Å²) in [7, 11) is 0. The molecule has 0 aliphatic heterocycles. The molecule has 0 aliphatic carbocycles. The Kier molecular flexibility index (Phi) is 2.16. The fraction of sp³-hybridized carbons (Fsp3) is 0.111. The minimum Gasteiger partial charge on any atom is -0.398 e. The SMILES string of the molecule is Nc1cccc(-c2ncn[nH]2)c1CO. The monoisotopic (exact) mass is 190 g/mol. The van der Waals surface area contributed by atoms with E-state index in [1.807, 2.05) is 12.1 Å². The zero-order valence-electron chi connectivity index (χ0n) is 7.44. The highest BCUT2D eigenvalue weighted by Crippen LogP contribution is 2.24. The molecular weight excluding hydrogens is 180 g/mol. The molecule has 0 bridgehead atoms. The van der Waals surface area contributed by atoms with Crippen molar-refractivity contribution in [1.29, 1.82) is 0 Å². The van der Waals surface area contributed by atoms with Gasteiger partial charge in [0.05, 0.1) is 6.61 Å². The molecular formula is C9H10N4O. The molecule has 1 aromatic carbocycles. The van der Waals surface area contributed by atoms with Gasteiger partial charge >= 0.3 is 0 Å². The minimum absolute atomic E-state index is 0.108. The van der Waals surface area contributed by atoms with E-state index < -0.39 is 0 Å². The zero-order chi connectivity index (χ0) is 9.97. The van der Waals surface area contributed by atoms with E-state index in [1.54, 1.807) is 6.07 Å². The zero-order valence-corrected chi connectivity index (χ0v) is 7.44. The number of nitrogen functional groups attached to an aromatic ring is 1. The molecule has 5 nitrogen and oxygen atoms in total. The average Bonchev–Trinajstić information content (AvgIpc) is 2.70. The van der Waals surface area contributed by atoms with Crippen molar-refractivity contribution in [3.05, 3.63) is 30.1 Å². The molecule has 72 valence electrons. The normalized spacial score (nSPS) is 10.4. The molecule has 5 heteroatoms. The van der Waals surface area contributed by atoms with Crippen molar-refractivity contribution in [2.45, 2.75) is 6.61 Å². The van der Waals surface area contributed by atoms with E-state index in [4.69, 9.17) is 10.8 Å². The van der Waals surface area contributed by atoms with Crippen molar-refractivity contribution >= 4 is 5.69 Å². The van der Waals surface area contributed by atoms with Gasteiger partial charge in [-0.25, -0.2) is 4.98 Å². The molecule has 0 saturated heterocycles. The van der Waals surface area contributed by atoms with Crippen LogP contribution in [-0.4, -0.2) is 20.3 Å². The van der Waals surface area contributed by atoms with Crippen LogP contribution in [0.15, 0.2) is 24.5 Å². The molecule has 0 radical (unpaired) electrons. The number of benzene rings is 1. The highest BCUT2D eigenvalue weighted by Gasteiger charge is 2.08. The molecule has 1 aromatic heterocycles. The summed E-state index contributed by atoms with van der Waals surface area (Å²) >= 11 is 0. The third-order valence-corrected chi connectivity index (χ3v) is 2.04. The van der Waals surface area contributed by atoms with Crippen molar-refractivity contribution in [3.8, 4) is 11.4 Å². The van der Waals surface area contributed by atoms with Gasteiger partial charge in [0, 0.05) is 16.8 Å². The Morgan fingerprint density at radius 3 is 2.93 bits per heavy atom. The highest BCUT2D eigenvalue weighted by molar-refractivity contribution is 5.67. The number of aliphatic hydroxyl groups excluding tert-OH is 1. The van der Waals surface area contributed by atoms with E-state index in [0.717, 1.165) is 5.56 Å². The third-order valence-electron chi connectivity index (χ3n) is 2.04. The molecule has 0 atom stereocenters. The summed E-state index contributed by atoms with van der Waals surface area (Å²) in [6.45, 7) is -0.108. The Hall–Kier alpha value is -1.88. The van der Waals surface area contributed by atoms with Gasteiger partial charge in [-0.15, -0.1) is 0 Å². The molecule has 1 heterocycles. The van der Waals surface area contributed by atoms with E-state index in [-0.39, 0.29) is 6.61 Å². The Bertz CT molecular complexity index is 424. The van der Waals surface area contributed by atoms with Crippen LogP contribution in [0, 0.1) is 0 Å². The molecule has 2 rings (SSSR count). The minimum atomic E-state index is -0.108. The van der Waals surface area contributed by atoms with Gasteiger partial charge in [-0.05, 0) is 6.07 Å². The second-order valence-corrected chi connectivity index (χ2v) is 2.87. The topological polar surface area (TPSA) is 87.8 Å². The summed E-state index contributed by atoms with van der Waals surface area (Å²) in [5.41, 5.74) is 7.73. The fourth-order valence-electron chi connectivity index (χ4n) is 1.34. The first-order chi connectivity index (χ1) is 6.83. The number of hydrogen-bond acceptors (Lipinski definition) is 4. The summed E-state index contributed by atoms with van der Waals surface area (Å²) in [5.74, 6) is 0.612. The van der Waals surface area contributed by atoms with E-state index in [1.165, 1.54) is 6.33 Å². The van der Waals surface area contributed by atoms with Crippen LogP contribution in [0.1, 0.15) is 5.56 Å². The molecule has 0 fully saturated rings. The standard InChI is InChI=1S/C9H10N4O/c10-8-3-1-2-6(7(8)4-14)9-11-5-12-13-9/h1-3,5,14H,4,10H2,(H,11,12,13). The van der Waals surface area contributed by atoms with Crippen LogP contribution in [0.2, 0.25) is 0 Å². The highest BCUT2D eigenvalue weighted by atomic mass is 16.3. The summed E-state index contributed by atoms with van der Waals surface area (Å²) in [6.07, 6.45) is 1.42. The van der Waals surface area contributed by atoms with Crippen LogP contribution < -0.4 is 5.73 Å². The first kappa shape index (κ1) is 8.71. The molecule has 0 amide bonds. The van der Waals surface area contributed by atoms with Gasteiger partial charge in [-0.3, -0.25) is 5.10 Å². The lowest BCUT2D eigenvalue weighted by atomic mass is 10.1. The Labute approximate surface area is 80.6 Å². The van der Waals surface area contributed by atoms with E-state index in [0.29, 0.717) is 17.1 Å². The predicted molar refractivity (Wildman–Crippen MR) is 52.2 cm³/mol. The van der Waals surface area contributed by atoms with Crippen LogP contribution in [0.5, 0.6) is 0 Å². The quantitative estimate of drug-likeness (QED) is 0.603. The van der Waals surface area contributed by atoms with Crippen LogP contribution >= 0.6 is 0 Å². The van der Waals surface area contributed by atoms with E-state index in [9.17, 15) is 0 Å². The summed E-state index contributed by atoms with van der Waals surface area (Å²) < 4.78 is 0. The summed E-state index contributed by atoms with van der Waals surface area (Å²) in [4.78, 5) is 4.00. The lowest BCUT2D eigenvalue weighted by Crippen LogP contribution is -1.97. The lowest BCUT2D eigenvalue weighted by molar-refractivity contribution is 0.283. The first-order valence-electron chi connectivity index (χ1n) is 4.17. The summed E-state index contributed by atoms with van der Waals surface area (Å²) in [6, 6.07) is 5.39. The lowest BCUT2D eigenvalue weighted by Gasteiger charge is -2.06. The number of hydrogen-bond donors (Lipinski definition) is 3. The van der Waals surface area contributed by atoms with Crippen LogP contribution in [-0.2, 0) is 6.61 Å². The molecule has 0 spiro atoms. The number of nitrogens with zero attached hydrogens (tertiary/aromatic N) is 2. The smallest absolute Gasteiger partial charge is 0.155 e. The van der Waals surface area contributed by atoms with Crippen LogP contribution in [0.4, 0.5) is 5.69 Å². The first-order valence-corrected chi connectivity index (χ1v) is 4.17. The number of aromatic amines is 1. The van der Waals surface area contributed by atoms with Crippen molar-refractivity contribution in [1.82, 2.24) is 15.2 Å². The van der Waals surface area contributed by atoms with E-state index >= 15 is 0 Å². The predicted octanol–water partition coefficient (Wildman–Crippen LogP) is 0.546. The largest absolute Gasteiger partial charge is 0.398 e. The van der Waals surface area contributed by atoms with Gasteiger partial charge in [0.15, 0.2) is 5.82 Å². The molecule has 4 N–H and O–H groups in total. The Balaban J connectivity index is 2.58. The van der Waals surface area contributed by atoms with Crippen molar-refractivity contribution < 1.29 is 5.11 Å². The Morgan fingerprint density at radius 1 is 1.43 bits per heavy atom. The van der Waals surface area contributed by atoms with Gasteiger partial charge in [-0.2, -0.15) is 5.10 Å². The second-order valence-electron chi connectivity index (χ2n) is 2.87. The summed E-state index contributed by atoms with van der Waals surface area (Å²) in [5, 5.41) is 15.6. The van der Waals surface area contributed by atoms with Gasteiger partial charge < -0.3 is 10.8 Å². The van der Waals surface area contributed by atoms with Gasteiger partial charge in [0.2, 0.25) is 0 Å². The number of nitrogens with one attached hydrogen (secondary N) is 1. The van der Waals surface area contributed by atoms with Crippen molar-refractivity contribution in [3.63, 3.8) is 0 Å². The van der Waals surface area contributed by atoms with Crippen LogP contribution in [0.3, 0.4) is 0 Å². The van der Waals surface area contributed by atoms with E-state index in [2.05, 4.69) is 15.2 Å². The maximum Gasteiger partial charge on any atom is 0.155 e. The molecule has 0 aliphatic rings. The molecule has 0 unspecified atom stereocenters. The average molecular weight is 190 g/mol. The Morgan fingerprint density at radius 2 is 2.29 bits per heavy atom. The third kappa shape index (κ3) is 1.33. The fourth-order valence-corrected chi connectivity index (χ4v) is 1.34. The molecule has 0 saturated carbocycles. The maximum atomic E-state index is 9.16. The second kappa shape index (κ2) is 3.47. The number of aromatic nitrogens is 3. The van der Waals surface area contributed by atoms with Gasteiger partial charge in [0.1, 0.15) is 6.33 Å². The number of H-pyrrole nitrogens is 1. The number of rotatable bonds is 2. The maximum absolute atomic E-state index is 9.16.